The molecule has 0 aliphatic rings. The highest BCUT2D eigenvalue weighted by Gasteiger charge is 2.41. The number of phenolic OH excluding ortho intramolecular Hbond substituents is 1. The van der Waals surface area contributed by atoms with Crippen molar-refractivity contribution in [2.24, 2.45) is 0 Å². The van der Waals surface area contributed by atoms with E-state index in [-0.39, 0.29) is 11.8 Å². The number of ether oxygens (including phenoxy) is 1. The lowest BCUT2D eigenvalue weighted by Gasteiger charge is -2.43. The van der Waals surface area contributed by atoms with Crippen LogP contribution in [-0.2, 0) is 14.3 Å². The van der Waals surface area contributed by atoms with Crippen LogP contribution in [0.1, 0.15) is 67.0 Å². The number of nitrogens with zero attached hydrogens (tertiary/aromatic N) is 1. The summed E-state index contributed by atoms with van der Waals surface area (Å²) in [6.45, 7) is 13.2. The van der Waals surface area contributed by atoms with Crippen molar-refractivity contribution in [1.29, 1.82) is 0 Å². The average molecular weight is 452 g/mol. The monoisotopic (exact) mass is 451 g/mol. The maximum absolute atomic E-state index is 13.6. The van der Waals surface area contributed by atoms with E-state index in [0.717, 1.165) is 0 Å². The van der Waals surface area contributed by atoms with E-state index >= 15 is 0 Å². The third-order valence-electron chi connectivity index (χ3n) is 4.28. The number of aliphatic hydroxyl groups is 1. The number of hydrogen-bond acceptors (Lipinski definition) is 6. The molecular formula is C23H37N3O6. The summed E-state index contributed by atoms with van der Waals surface area (Å²) < 4.78 is 5.20. The van der Waals surface area contributed by atoms with E-state index in [9.17, 15) is 24.6 Å². The second kappa shape index (κ2) is 10.7. The van der Waals surface area contributed by atoms with Gasteiger partial charge in [0.2, 0.25) is 11.8 Å². The molecule has 2 unspecified atom stereocenters. The van der Waals surface area contributed by atoms with Gasteiger partial charge in [0, 0.05) is 11.6 Å². The van der Waals surface area contributed by atoms with Gasteiger partial charge in [-0.2, -0.15) is 0 Å². The lowest BCUT2D eigenvalue weighted by atomic mass is 9.95. The largest absolute Gasteiger partial charge is 0.508 e. The molecule has 2 atom stereocenters. The SMILES string of the molecule is CC(C)NC(=O)C(c1ccc(O)cc1)N(C(=O)C(CO)NC(=O)OC(C)(C)C)C(C)(C)C. The molecule has 180 valence electrons. The Morgan fingerprint density at radius 2 is 1.53 bits per heavy atom. The second-order valence-corrected chi connectivity index (χ2v) is 9.92. The number of carbonyl (C=O) groups excluding carboxylic acids is 3. The summed E-state index contributed by atoms with van der Waals surface area (Å²) in [5.41, 5.74) is -1.18. The van der Waals surface area contributed by atoms with Crippen LogP contribution < -0.4 is 10.6 Å². The number of benzene rings is 1. The molecule has 0 saturated heterocycles. The van der Waals surface area contributed by atoms with Gasteiger partial charge in [0.05, 0.1) is 6.61 Å². The van der Waals surface area contributed by atoms with Crippen LogP contribution in [0, 0.1) is 0 Å². The van der Waals surface area contributed by atoms with Crippen molar-refractivity contribution in [3.8, 4) is 5.75 Å². The highest BCUT2D eigenvalue weighted by Crippen LogP contribution is 2.31. The Kier molecular flexibility index (Phi) is 9.08. The van der Waals surface area contributed by atoms with Crippen molar-refractivity contribution in [1.82, 2.24) is 15.5 Å². The topological polar surface area (TPSA) is 128 Å². The Bertz CT molecular complexity index is 793. The number of rotatable bonds is 7. The first-order valence-corrected chi connectivity index (χ1v) is 10.6. The fraction of sp³-hybridized carbons (Fsp3) is 0.609. The van der Waals surface area contributed by atoms with E-state index in [0.29, 0.717) is 5.56 Å². The zero-order valence-corrected chi connectivity index (χ0v) is 20.2. The summed E-state index contributed by atoms with van der Waals surface area (Å²) in [4.78, 5) is 40.3. The molecule has 0 aliphatic carbocycles. The van der Waals surface area contributed by atoms with Gasteiger partial charge >= 0.3 is 6.09 Å². The van der Waals surface area contributed by atoms with Crippen molar-refractivity contribution in [3.63, 3.8) is 0 Å². The molecule has 1 aromatic carbocycles. The van der Waals surface area contributed by atoms with Crippen LogP contribution in [0.3, 0.4) is 0 Å². The molecule has 3 amide bonds. The number of aromatic hydroxyl groups is 1. The van der Waals surface area contributed by atoms with E-state index in [1.807, 2.05) is 0 Å². The minimum atomic E-state index is -1.32. The van der Waals surface area contributed by atoms with Crippen molar-refractivity contribution >= 4 is 17.9 Å². The van der Waals surface area contributed by atoms with Crippen LogP contribution in [0.25, 0.3) is 0 Å². The molecule has 4 N–H and O–H groups in total. The third-order valence-corrected chi connectivity index (χ3v) is 4.28. The van der Waals surface area contributed by atoms with Crippen molar-refractivity contribution in [2.45, 2.75) is 84.7 Å². The summed E-state index contributed by atoms with van der Waals surface area (Å²) >= 11 is 0. The molecule has 0 bridgehead atoms. The van der Waals surface area contributed by atoms with E-state index in [2.05, 4.69) is 10.6 Å². The molecule has 0 saturated carbocycles. The van der Waals surface area contributed by atoms with Gasteiger partial charge in [-0.15, -0.1) is 0 Å². The summed E-state index contributed by atoms with van der Waals surface area (Å²) in [7, 11) is 0. The van der Waals surface area contributed by atoms with E-state index in [1.54, 1.807) is 67.5 Å². The first-order valence-electron chi connectivity index (χ1n) is 10.6. The van der Waals surface area contributed by atoms with Crippen LogP contribution in [0.2, 0.25) is 0 Å². The maximum atomic E-state index is 13.6. The smallest absolute Gasteiger partial charge is 0.408 e. The summed E-state index contributed by atoms with van der Waals surface area (Å²) in [5.74, 6) is -1.06. The van der Waals surface area contributed by atoms with Gasteiger partial charge in [-0.1, -0.05) is 12.1 Å². The number of amides is 3. The molecular weight excluding hydrogens is 414 g/mol. The van der Waals surface area contributed by atoms with E-state index in [1.165, 1.54) is 17.0 Å². The van der Waals surface area contributed by atoms with Crippen LogP contribution in [0.4, 0.5) is 4.79 Å². The van der Waals surface area contributed by atoms with Crippen molar-refractivity contribution < 1.29 is 29.3 Å². The van der Waals surface area contributed by atoms with Gasteiger partial charge in [0.1, 0.15) is 23.4 Å². The molecule has 9 nitrogen and oxygen atoms in total. The molecule has 0 heterocycles. The fourth-order valence-electron chi connectivity index (χ4n) is 3.09. The number of hydrogen-bond donors (Lipinski definition) is 4. The van der Waals surface area contributed by atoms with E-state index in [4.69, 9.17) is 4.74 Å². The number of nitrogens with one attached hydrogen (secondary N) is 2. The van der Waals surface area contributed by atoms with Gasteiger partial charge < -0.3 is 30.5 Å². The first kappa shape index (κ1) is 27.2. The standard InChI is InChI=1S/C23H37N3O6/c1-14(2)24-19(29)18(15-9-11-16(28)12-10-15)26(22(3,4)5)20(30)17(13-27)25-21(31)32-23(6,7)8/h9-12,14,17-18,27-28H,13H2,1-8H3,(H,24,29)(H,25,31). The fourth-order valence-corrected chi connectivity index (χ4v) is 3.09. The predicted octanol–water partition coefficient (Wildman–Crippen LogP) is 2.47. The Morgan fingerprint density at radius 3 is 1.94 bits per heavy atom. The van der Waals surface area contributed by atoms with E-state index < -0.39 is 47.7 Å². The van der Waals surface area contributed by atoms with Crippen LogP contribution in [-0.4, -0.2) is 62.9 Å². The molecule has 0 aliphatic heterocycles. The Labute approximate surface area is 190 Å². The molecule has 32 heavy (non-hydrogen) atoms. The molecule has 0 radical (unpaired) electrons. The Balaban J connectivity index is 3.43. The van der Waals surface area contributed by atoms with Gasteiger partial charge in [-0.25, -0.2) is 4.79 Å². The lowest BCUT2D eigenvalue weighted by Crippen LogP contribution is -2.59. The van der Waals surface area contributed by atoms with Gasteiger partial charge in [0.25, 0.3) is 0 Å². The number of carbonyl (C=O) groups is 3. The molecule has 0 fully saturated rings. The number of aliphatic hydroxyl groups excluding tert-OH is 1. The zero-order chi connectivity index (χ0) is 24.9. The van der Waals surface area contributed by atoms with Crippen LogP contribution >= 0.6 is 0 Å². The summed E-state index contributed by atoms with van der Waals surface area (Å²) in [6, 6.07) is 3.39. The highest BCUT2D eigenvalue weighted by molar-refractivity contribution is 5.92. The number of alkyl carbamates (subject to hydrolysis) is 1. The minimum Gasteiger partial charge on any atom is -0.508 e. The minimum absolute atomic E-state index is 0.0187. The summed E-state index contributed by atoms with van der Waals surface area (Å²) in [6.07, 6.45) is -0.855. The highest BCUT2D eigenvalue weighted by atomic mass is 16.6. The predicted molar refractivity (Wildman–Crippen MR) is 121 cm³/mol. The lowest BCUT2D eigenvalue weighted by molar-refractivity contribution is -0.149. The molecule has 0 spiro atoms. The van der Waals surface area contributed by atoms with Gasteiger partial charge in [0.15, 0.2) is 0 Å². The van der Waals surface area contributed by atoms with Gasteiger partial charge in [-0.3, -0.25) is 9.59 Å². The molecule has 1 aromatic rings. The Morgan fingerprint density at radius 1 is 1.00 bits per heavy atom. The second-order valence-electron chi connectivity index (χ2n) is 9.92. The maximum Gasteiger partial charge on any atom is 0.408 e. The zero-order valence-electron chi connectivity index (χ0n) is 20.2. The first-order chi connectivity index (χ1) is 14.6. The molecule has 9 heteroatoms. The Hall–Kier alpha value is -2.81. The quantitative estimate of drug-likeness (QED) is 0.504. The summed E-state index contributed by atoms with van der Waals surface area (Å²) in [5, 5.41) is 24.8. The van der Waals surface area contributed by atoms with Crippen molar-refractivity contribution in [2.75, 3.05) is 6.61 Å². The normalized spacial score (nSPS) is 13.8. The average Bonchev–Trinajstić information content (AvgIpc) is 2.61. The third kappa shape index (κ3) is 8.03. The van der Waals surface area contributed by atoms with Crippen LogP contribution in [0.5, 0.6) is 5.75 Å². The van der Waals surface area contributed by atoms with Crippen molar-refractivity contribution in [3.05, 3.63) is 29.8 Å². The molecule has 1 rings (SSSR count). The van der Waals surface area contributed by atoms with Gasteiger partial charge in [-0.05, 0) is 73.1 Å². The van der Waals surface area contributed by atoms with Crippen LogP contribution in [0.15, 0.2) is 24.3 Å². The number of phenols is 1. The molecule has 0 aromatic heterocycles.